The van der Waals surface area contributed by atoms with Gasteiger partial charge in [0.05, 0.1) is 21.2 Å². The van der Waals surface area contributed by atoms with E-state index >= 15 is 0 Å². The molecule has 2 aliphatic carbocycles. The largest absolute Gasteiger partial charge is 0.291 e. The lowest BCUT2D eigenvalue weighted by molar-refractivity contribution is -0.385. The van der Waals surface area contributed by atoms with Gasteiger partial charge in [0.25, 0.3) is 11.4 Å². The summed E-state index contributed by atoms with van der Waals surface area (Å²) in [7, 11) is 0. The number of carbonyl (C=O) groups excluding carboxylic acids is 4. The Morgan fingerprint density at radius 1 is 0.526 bits per heavy atom. The van der Waals surface area contributed by atoms with Crippen LogP contribution in [-0.4, -0.2) is 45.1 Å². The summed E-state index contributed by atoms with van der Waals surface area (Å²) >= 11 is 0. The second kappa shape index (κ2) is 9.09. The standard InChI is InChI=1S/C24H12N6O8/c31-21-15-9-17-18(24(34)20(23(17)33)28-26-12-3-7-14(8-4-12)30(37)38)10-16(15)22(32)19(21)27-25-11-1-5-13(6-2-11)29(35)36/h1-10,19-20H. The van der Waals surface area contributed by atoms with Crippen LogP contribution in [0.25, 0.3) is 0 Å². The Hall–Kier alpha value is -5.66. The second-order valence-corrected chi connectivity index (χ2v) is 8.18. The normalized spacial score (nSPS) is 15.6. The average Bonchev–Trinajstić information content (AvgIpc) is 3.29. The molecule has 2 aliphatic rings. The van der Waals surface area contributed by atoms with Crippen LogP contribution in [0.3, 0.4) is 0 Å². The molecule has 0 atom stereocenters. The van der Waals surface area contributed by atoms with Gasteiger partial charge in [0.15, 0.2) is 35.2 Å². The molecule has 0 radical (unpaired) electrons. The van der Waals surface area contributed by atoms with Crippen LogP contribution in [0.15, 0.2) is 81.1 Å². The minimum atomic E-state index is -1.52. The van der Waals surface area contributed by atoms with Crippen LogP contribution in [0, 0.1) is 20.2 Å². The first-order chi connectivity index (χ1) is 18.2. The first-order valence-corrected chi connectivity index (χ1v) is 10.8. The van der Waals surface area contributed by atoms with Crippen molar-refractivity contribution in [2.24, 2.45) is 20.5 Å². The maximum absolute atomic E-state index is 12.9. The van der Waals surface area contributed by atoms with Gasteiger partial charge in [-0.2, -0.15) is 20.5 Å². The Labute approximate surface area is 211 Å². The molecule has 0 aromatic heterocycles. The fraction of sp³-hybridized carbons (Fsp3) is 0.0833. The van der Waals surface area contributed by atoms with Crippen molar-refractivity contribution in [2.75, 3.05) is 0 Å². The molecule has 14 nitrogen and oxygen atoms in total. The van der Waals surface area contributed by atoms with Gasteiger partial charge in [-0.25, -0.2) is 0 Å². The van der Waals surface area contributed by atoms with Crippen molar-refractivity contribution in [3.63, 3.8) is 0 Å². The maximum atomic E-state index is 12.9. The SMILES string of the molecule is O=C1c2cc3c(cc2C(=O)C1N=Nc1ccc([N+](=O)[O-])cc1)C(=O)C(N=Nc1ccc([N+](=O)[O-])cc1)C3=O. The lowest BCUT2D eigenvalue weighted by Crippen LogP contribution is -2.20. The highest BCUT2D eigenvalue weighted by molar-refractivity contribution is 6.34. The number of Topliss-reactive ketones (excluding diaryl/α,β-unsaturated/α-hetero) is 4. The molecule has 38 heavy (non-hydrogen) atoms. The van der Waals surface area contributed by atoms with Crippen LogP contribution in [0.4, 0.5) is 22.7 Å². The van der Waals surface area contributed by atoms with Gasteiger partial charge in [0, 0.05) is 46.5 Å². The predicted octanol–water partition coefficient (Wildman–Crippen LogP) is 4.57. The van der Waals surface area contributed by atoms with E-state index in [1.807, 2.05) is 0 Å². The van der Waals surface area contributed by atoms with E-state index in [0.717, 1.165) is 12.1 Å². The van der Waals surface area contributed by atoms with E-state index in [1.54, 1.807) is 0 Å². The van der Waals surface area contributed by atoms with Crippen LogP contribution >= 0.6 is 0 Å². The molecule has 0 bridgehead atoms. The molecule has 0 N–H and O–H groups in total. The molecule has 0 aliphatic heterocycles. The molecular weight excluding hydrogens is 500 g/mol. The van der Waals surface area contributed by atoms with Gasteiger partial charge < -0.3 is 0 Å². The zero-order chi connectivity index (χ0) is 27.1. The van der Waals surface area contributed by atoms with Gasteiger partial charge in [-0.1, -0.05) is 0 Å². The number of nitrogens with zero attached hydrogens (tertiary/aromatic N) is 6. The molecule has 0 amide bonds. The van der Waals surface area contributed by atoms with E-state index in [2.05, 4.69) is 20.5 Å². The summed E-state index contributed by atoms with van der Waals surface area (Å²) in [4.78, 5) is 71.8. The Morgan fingerprint density at radius 3 is 1.08 bits per heavy atom. The Morgan fingerprint density at radius 2 is 0.816 bits per heavy atom. The molecule has 0 saturated heterocycles. The number of non-ortho nitro benzene ring substituents is 2. The van der Waals surface area contributed by atoms with Crippen molar-refractivity contribution in [1.82, 2.24) is 0 Å². The van der Waals surface area contributed by atoms with Crippen molar-refractivity contribution in [2.45, 2.75) is 12.1 Å². The summed E-state index contributed by atoms with van der Waals surface area (Å²) in [6.07, 6.45) is 0. The molecule has 0 fully saturated rings. The number of carbonyl (C=O) groups is 4. The number of ketones is 4. The van der Waals surface area contributed by atoms with E-state index in [-0.39, 0.29) is 45.0 Å². The monoisotopic (exact) mass is 512 g/mol. The molecule has 5 rings (SSSR count). The van der Waals surface area contributed by atoms with Gasteiger partial charge in [0.1, 0.15) is 0 Å². The highest BCUT2D eigenvalue weighted by atomic mass is 16.6. The zero-order valence-corrected chi connectivity index (χ0v) is 18.9. The minimum absolute atomic E-state index is 0.0875. The summed E-state index contributed by atoms with van der Waals surface area (Å²) in [5.41, 5.74) is -0.322. The van der Waals surface area contributed by atoms with Crippen LogP contribution in [0.1, 0.15) is 41.4 Å². The Balaban J connectivity index is 1.37. The summed E-state index contributed by atoms with van der Waals surface area (Å²) < 4.78 is 0. The first-order valence-electron chi connectivity index (χ1n) is 10.8. The predicted molar refractivity (Wildman–Crippen MR) is 127 cm³/mol. The Kier molecular flexibility index (Phi) is 5.75. The third kappa shape index (κ3) is 4.05. The van der Waals surface area contributed by atoms with Gasteiger partial charge in [-0.3, -0.25) is 39.4 Å². The van der Waals surface area contributed by atoms with Crippen molar-refractivity contribution in [1.29, 1.82) is 0 Å². The van der Waals surface area contributed by atoms with Crippen LogP contribution in [0.2, 0.25) is 0 Å². The zero-order valence-electron chi connectivity index (χ0n) is 18.9. The fourth-order valence-corrected chi connectivity index (χ4v) is 3.98. The number of fused-ring (bicyclic) bond motifs is 2. The fourth-order valence-electron chi connectivity index (χ4n) is 3.98. The first kappa shape index (κ1) is 24.1. The van der Waals surface area contributed by atoms with E-state index in [0.29, 0.717) is 0 Å². The van der Waals surface area contributed by atoms with Crippen molar-refractivity contribution >= 4 is 45.9 Å². The number of hydrogen-bond donors (Lipinski definition) is 0. The van der Waals surface area contributed by atoms with Gasteiger partial charge in [0.2, 0.25) is 0 Å². The number of hydrogen-bond acceptors (Lipinski definition) is 12. The van der Waals surface area contributed by atoms with E-state index in [1.165, 1.54) is 48.5 Å². The molecule has 0 saturated carbocycles. The smallest absolute Gasteiger partial charge is 0.269 e. The van der Waals surface area contributed by atoms with Crippen LogP contribution in [-0.2, 0) is 0 Å². The van der Waals surface area contributed by atoms with E-state index in [4.69, 9.17) is 0 Å². The second-order valence-electron chi connectivity index (χ2n) is 8.18. The number of nitro groups is 2. The minimum Gasteiger partial charge on any atom is -0.291 e. The van der Waals surface area contributed by atoms with Crippen LogP contribution < -0.4 is 0 Å². The molecular formula is C24H12N6O8. The number of nitro benzene ring substituents is 2. The van der Waals surface area contributed by atoms with Crippen molar-refractivity contribution < 1.29 is 29.0 Å². The molecule has 0 unspecified atom stereocenters. The van der Waals surface area contributed by atoms with E-state index < -0.39 is 45.1 Å². The van der Waals surface area contributed by atoms with Crippen molar-refractivity contribution in [3.8, 4) is 0 Å². The average molecular weight is 512 g/mol. The highest BCUT2D eigenvalue weighted by Crippen LogP contribution is 2.34. The highest BCUT2D eigenvalue weighted by Gasteiger charge is 2.45. The summed E-state index contributed by atoms with van der Waals surface area (Å²) in [5.74, 6) is -2.85. The molecule has 0 spiro atoms. The summed E-state index contributed by atoms with van der Waals surface area (Å²) in [6.45, 7) is 0. The number of rotatable bonds is 6. The molecule has 186 valence electrons. The number of azo groups is 2. The van der Waals surface area contributed by atoms with Gasteiger partial charge >= 0.3 is 0 Å². The molecule has 14 heteroatoms. The van der Waals surface area contributed by atoms with E-state index in [9.17, 15) is 39.4 Å². The quantitative estimate of drug-likeness (QED) is 0.197. The lowest BCUT2D eigenvalue weighted by atomic mass is 10.0. The van der Waals surface area contributed by atoms with Gasteiger partial charge in [-0.15, -0.1) is 0 Å². The lowest BCUT2D eigenvalue weighted by Gasteiger charge is -1.99. The van der Waals surface area contributed by atoms with Crippen molar-refractivity contribution in [3.05, 3.63) is 103 Å². The summed E-state index contributed by atoms with van der Waals surface area (Å²) in [5, 5.41) is 36.7. The molecule has 0 heterocycles. The third-order valence-electron chi connectivity index (χ3n) is 5.91. The molecule has 3 aromatic carbocycles. The third-order valence-corrected chi connectivity index (χ3v) is 5.91. The molecule has 3 aromatic rings. The Bertz CT molecular complexity index is 1470. The van der Waals surface area contributed by atoms with Gasteiger partial charge in [-0.05, 0) is 36.4 Å². The topological polar surface area (TPSA) is 204 Å². The maximum Gasteiger partial charge on any atom is 0.269 e. The number of benzene rings is 3. The van der Waals surface area contributed by atoms with Crippen LogP contribution in [0.5, 0.6) is 0 Å². The summed E-state index contributed by atoms with van der Waals surface area (Å²) in [6, 6.07) is 9.25.